The largest absolute Gasteiger partial charge is 0.493 e. The van der Waals surface area contributed by atoms with E-state index in [4.69, 9.17) is 23.7 Å². The molecule has 0 unspecified atom stereocenters. The summed E-state index contributed by atoms with van der Waals surface area (Å²) in [6.07, 6.45) is 0.927. The molecule has 0 fully saturated rings. The van der Waals surface area contributed by atoms with E-state index < -0.39 is 0 Å². The number of ether oxygens (including phenoxy) is 5. The van der Waals surface area contributed by atoms with Crippen LogP contribution in [0.3, 0.4) is 0 Å². The van der Waals surface area contributed by atoms with Crippen molar-refractivity contribution in [2.75, 3.05) is 42.1 Å². The monoisotopic (exact) mass is 359 g/mol. The Morgan fingerprint density at radius 3 is 1.85 bits per heavy atom. The minimum absolute atomic E-state index is 0.00716. The lowest BCUT2D eigenvalue weighted by Gasteiger charge is -2.29. The van der Waals surface area contributed by atoms with Gasteiger partial charge in [0.1, 0.15) is 0 Å². The molecule has 1 N–H and O–H groups in total. The summed E-state index contributed by atoms with van der Waals surface area (Å²) in [6.45, 7) is 0.865. The first-order valence-corrected chi connectivity index (χ1v) is 8.44. The van der Waals surface area contributed by atoms with E-state index in [-0.39, 0.29) is 6.04 Å². The van der Waals surface area contributed by atoms with Gasteiger partial charge in [0, 0.05) is 6.54 Å². The third-order valence-corrected chi connectivity index (χ3v) is 4.72. The molecule has 2 aromatic rings. The Labute approximate surface area is 154 Å². The lowest BCUT2D eigenvalue weighted by molar-refractivity contribution is 0.323. The third-order valence-electron chi connectivity index (χ3n) is 4.72. The molecule has 6 heteroatoms. The van der Waals surface area contributed by atoms with Gasteiger partial charge in [0.25, 0.3) is 0 Å². The van der Waals surface area contributed by atoms with E-state index in [1.165, 1.54) is 5.56 Å². The van der Waals surface area contributed by atoms with Crippen molar-refractivity contribution in [2.24, 2.45) is 0 Å². The second-order valence-electron chi connectivity index (χ2n) is 6.00. The van der Waals surface area contributed by atoms with Crippen LogP contribution in [0.15, 0.2) is 24.3 Å². The van der Waals surface area contributed by atoms with Crippen molar-refractivity contribution in [2.45, 2.75) is 12.5 Å². The van der Waals surface area contributed by atoms with Crippen molar-refractivity contribution in [3.05, 3.63) is 41.0 Å². The highest BCUT2D eigenvalue weighted by atomic mass is 16.5. The average Bonchev–Trinajstić information content (AvgIpc) is 2.70. The zero-order chi connectivity index (χ0) is 18.7. The average molecular weight is 359 g/mol. The SMILES string of the molecule is COc1cc2c(cc1OC)[C@H](c1cc(OC)c(OC)c(OC)c1)NCC2. The van der Waals surface area contributed by atoms with Crippen molar-refractivity contribution in [1.29, 1.82) is 0 Å². The van der Waals surface area contributed by atoms with Gasteiger partial charge in [-0.1, -0.05) is 0 Å². The first-order valence-electron chi connectivity index (χ1n) is 8.44. The highest BCUT2D eigenvalue weighted by molar-refractivity contribution is 5.57. The van der Waals surface area contributed by atoms with Gasteiger partial charge in [-0.15, -0.1) is 0 Å². The summed E-state index contributed by atoms with van der Waals surface area (Å²) in [6, 6.07) is 8.04. The van der Waals surface area contributed by atoms with Gasteiger partial charge in [0.05, 0.1) is 41.6 Å². The smallest absolute Gasteiger partial charge is 0.203 e. The highest BCUT2D eigenvalue weighted by Gasteiger charge is 2.26. The Hall–Kier alpha value is -2.60. The zero-order valence-electron chi connectivity index (χ0n) is 15.8. The van der Waals surface area contributed by atoms with Gasteiger partial charge < -0.3 is 29.0 Å². The topological polar surface area (TPSA) is 58.2 Å². The van der Waals surface area contributed by atoms with Crippen molar-refractivity contribution >= 4 is 0 Å². The van der Waals surface area contributed by atoms with Crippen LogP contribution in [0.1, 0.15) is 22.7 Å². The molecule has 1 heterocycles. The second-order valence-corrected chi connectivity index (χ2v) is 6.00. The van der Waals surface area contributed by atoms with E-state index in [1.807, 2.05) is 18.2 Å². The van der Waals surface area contributed by atoms with Crippen molar-refractivity contribution in [3.8, 4) is 28.7 Å². The molecule has 26 heavy (non-hydrogen) atoms. The number of nitrogens with one attached hydrogen (secondary N) is 1. The molecule has 0 spiro atoms. The number of hydrogen-bond acceptors (Lipinski definition) is 6. The lowest BCUT2D eigenvalue weighted by atomic mass is 9.89. The summed E-state index contributed by atoms with van der Waals surface area (Å²) < 4.78 is 27.4. The second kappa shape index (κ2) is 7.74. The molecule has 0 amide bonds. The molecule has 1 aliphatic heterocycles. The van der Waals surface area contributed by atoms with Gasteiger partial charge in [0.15, 0.2) is 23.0 Å². The fourth-order valence-electron chi connectivity index (χ4n) is 3.45. The Balaban J connectivity index is 2.12. The van der Waals surface area contributed by atoms with Crippen LogP contribution in [0.25, 0.3) is 0 Å². The van der Waals surface area contributed by atoms with Crippen molar-refractivity contribution in [3.63, 3.8) is 0 Å². The van der Waals surface area contributed by atoms with Gasteiger partial charge in [0.2, 0.25) is 5.75 Å². The number of fused-ring (bicyclic) bond motifs is 1. The quantitative estimate of drug-likeness (QED) is 0.856. The Morgan fingerprint density at radius 1 is 0.731 bits per heavy atom. The molecule has 1 aliphatic rings. The standard InChI is InChI=1S/C20H25NO5/c1-22-15-8-12-6-7-21-19(14(12)11-16(15)23-2)13-9-17(24-3)20(26-5)18(10-13)25-4/h8-11,19,21H,6-7H2,1-5H3/t19-/m0/s1. The van der Waals surface area contributed by atoms with E-state index in [0.717, 1.165) is 29.8 Å². The summed E-state index contributed by atoms with van der Waals surface area (Å²) in [4.78, 5) is 0. The van der Waals surface area contributed by atoms with Crippen LogP contribution in [-0.2, 0) is 6.42 Å². The number of hydrogen-bond donors (Lipinski definition) is 1. The molecule has 0 bridgehead atoms. The molecule has 0 saturated carbocycles. The molecule has 6 nitrogen and oxygen atoms in total. The summed E-state index contributed by atoms with van der Waals surface area (Å²) in [5, 5.41) is 3.57. The normalized spacial score (nSPS) is 15.8. The molecule has 0 saturated heterocycles. The Kier molecular flexibility index (Phi) is 5.42. The van der Waals surface area contributed by atoms with Crippen LogP contribution < -0.4 is 29.0 Å². The summed E-state index contributed by atoms with van der Waals surface area (Å²) >= 11 is 0. The number of methoxy groups -OCH3 is 5. The minimum Gasteiger partial charge on any atom is -0.493 e. The molecular weight excluding hydrogens is 334 g/mol. The predicted molar refractivity (Wildman–Crippen MR) is 99.2 cm³/mol. The first kappa shape index (κ1) is 18.2. The van der Waals surface area contributed by atoms with Crippen LogP contribution in [0.4, 0.5) is 0 Å². The summed E-state index contributed by atoms with van der Waals surface area (Å²) in [5.41, 5.74) is 3.43. The van der Waals surface area contributed by atoms with Gasteiger partial charge >= 0.3 is 0 Å². The van der Waals surface area contributed by atoms with Crippen LogP contribution in [0.5, 0.6) is 28.7 Å². The fourth-order valence-corrected chi connectivity index (χ4v) is 3.45. The molecule has 1 atom stereocenters. The van der Waals surface area contributed by atoms with Crippen LogP contribution in [-0.4, -0.2) is 42.1 Å². The lowest BCUT2D eigenvalue weighted by Crippen LogP contribution is -2.30. The molecule has 0 radical (unpaired) electrons. The molecular formula is C20H25NO5. The first-order chi connectivity index (χ1) is 12.7. The maximum absolute atomic E-state index is 5.50. The van der Waals surface area contributed by atoms with Gasteiger partial charge in [-0.05, 0) is 47.4 Å². The predicted octanol–water partition coefficient (Wildman–Crippen LogP) is 2.96. The molecule has 3 rings (SSSR count). The maximum Gasteiger partial charge on any atom is 0.203 e. The number of rotatable bonds is 6. The van der Waals surface area contributed by atoms with E-state index in [1.54, 1.807) is 35.5 Å². The minimum atomic E-state index is -0.00716. The van der Waals surface area contributed by atoms with Crippen LogP contribution >= 0.6 is 0 Å². The molecule has 2 aromatic carbocycles. The van der Waals surface area contributed by atoms with E-state index in [0.29, 0.717) is 23.0 Å². The summed E-state index contributed by atoms with van der Waals surface area (Å²) in [7, 11) is 8.15. The Bertz CT molecular complexity index is 765. The van der Waals surface area contributed by atoms with E-state index in [2.05, 4.69) is 11.4 Å². The van der Waals surface area contributed by atoms with E-state index in [9.17, 15) is 0 Å². The molecule has 0 aliphatic carbocycles. The van der Waals surface area contributed by atoms with Gasteiger partial charge in [-0.2, -0.15) is 0 Å². The van der Waals surface area contributed by atoms with Crippen LogP contribution in [0, 0.1) is 0 Å². The summed E-state index contributed by atoms with van der Waals surface area (Å²) in [5.74, 6) is 3.32. The Morgan fingerprint density at radius 2 is 1.31 bits per heavy atom. The van der Waals surface area contributed by atoms with Crippen LogP contribution in [0.2, 0.25) is 0 Å². The van der Waals surface area contributed by atoms with Gasteiger partial charge in [-0.3, -0.25) is 0 Å². The zero-order valence-corrected chi connectivity index (χ0v) is 15.8. The maximum atomic E-state index is 5.50. The third kappa shape index (κ3) is 3.12. The fraction of sp³-hybridized carbons (Fsp3) is 0.400. The van der Waals surface area contributed by atoms with Crippen molar-refractivity contribution < 1.29 is 23.7 Å². The highest BCUT2D eigenvalue weighted by Crippen LogP contribution is 2.43. The number of benzene rings is 2. The molecule has 140 valence electrons. The van der Waals surface area contributed by atoms with Crippen molar-refractivity contribution in [1.82, 2.24) is 5.32 Å². The molecule has 0 aromatic heterocycles. The van der Waals surface area contributed by atoms with Gasteiger partial charge in [-0.25, -0.2) is 0 Å². The van der Waals surface area contributed by atoms with E-state index >= 15 is 0 Å².